The molecular weight excluding hydrogens is 296 g/mol. The Balaban J connectivity index is 2.25. The quantitative estimate of drug-likeness (QED) is 0.821. The van der Waals surface area contributed by atoms with Crippen molar-refractivity contribution >= 4 is 0 Å². The lowest BCUT2D eigenvalue weighted by Gasteiger charge is -2.18. The van der Waals surface area contributed by atoms with Crippen LogP contribution in [0.2, 0.25) is 0 Å². The zero-order chi connectivity index (χ0) is 16.8. The molecule has 0 spiro atoms. The lowest BCUT2D eigenvalue weighted by atomic mass is 9.99. The zero-order valence-electron chi connectivity index (χ0n) is 13.6. The Labute approximate surface area is 136 Å². The summed E-state index contributed by atoms with van der Waals surface area (Å²) in [4.78, 5) is 0. The van der Waals surface area contributed by atoms with Gasteiger partial charge in [0.15, 0.2) is 11.5 Å². The summed E-state index contributed by atoms with van der Waals surface area (Å²) in [5.74, 6) is 1.14. The van der Waals surface area contributed by atoms with Crippen molar-refractivity contribution in [1.82, 2.24) is 0 Å². The smallest absolute Gasteiger partial charge is 0.203 e. The Morgan fingerprint density at radius 2 is 1.61 bits per heavy atom. The van der Waals surface area contributed by atoms with E-state index in [4.69, 9.17) is 14.2 Å². The third-order valence-electron chi connectivity index (χ3n) is 3.78. The fourth-order valence-electron chi connectivity index (χ4n) is 2.54. The normalized spacial score (nSPS) is 11.8. The van der Waals surface area contributed by atoms with Gasteiger partial charge in [-0.05, 0) is 18.4 Å². The highest BCUT2D eigenvalue weighted by molar-refractivity contribution is 5.61. The van der Waals surface area contributed by atoms with Crippen LogP contribution >= 0.6 is 0 Å². The molecule has 0 aliphatic carbocycles. The van der Waals surface area contributed by atoms with Crippen LogP contribution in [0.1, 0.15) is 23.7 Å². The average molecular weight is 318 g/mol. The second kappa shape index (κ2) is 7.74. The molecular formula is C18H22O5. The molecule has 5 nitrogen and oxygen atoms in total. The van der Waals surface area contributed by atoms with Crippen molar-refractivity contribution in [3.05, 3.63) is 47.5 Å². The number of aromatic hydroxyl groups is 1. The highest BCUT2D eigenvalue weighted by Gasteiger charge is 2.20. The molecule has 1 atom stereocenters. The van der Waals surface area contributed by atoms with Gasteiger partial charge in [-0.25, -0.2) is 0 Å². The molecule has 0 aliphatic rings. The summed E-state index contributed by atoms with van der Waals surface area (Å²) < 4.78 is 15.7. The molecule has 2 aromatic carbocycles. The maximum Gasteiger partial charge on any atom is 0.203 e. The summed E-state index contributed by atoms with van der Waals surface area (Å²) in [6, 6.07) is 11.1. The summed E-state index contributed by atoms with van der Waals surface area (Å²) >= 11 is 0. The number of phenols is 1. The maximum absolute atomic E-state index is 10.4. The van der Waals surface area contributed by atoms with E-state index in [0.717, 1.165) is 5.56 Å². The first-order valence-corrected chi connectivity index (χ1v) is 7.36. The Kier molecular flexibility index (Phi) is 5.71. The van der Waals surface area contributed by atoms with Crippen molar-refractivity contribution in [1.29, 1.82) is 0 Å². The van der Waals surface area contributed by atoms with Crippen molar-refractivity contribution in [3.8, 4) is 23.0 Å². The maximum atomic E-state index is 10.4. The standard InChI is InChI=1S/C18H22O5/c1-21-15-11-16(22-2)18(23-3)17(20)13(15)9-10-14(19)12-7-5-4-6-8-12/h4-8,11,14,19-20H,9-10H2,1-3H3. The van der Waals surface area contributed by atoms with Crippen molar-refractivity contribution in [2.24, 2.45) is 0 Å². The van der Waals surface area contributed by atoms with E-state index in [1.807, 2.05) is 30.3 Å². The Hall–Kier alpha value is -2.40. The van der Waals surface area contributed by atoms with Crippen LogP contribution in [0.5, 0.6) is 23.0 Å². The van der Waals surface area contributed by atoms with E-state index < -0.39 is 6.10 Å². The molecule has 124 valence electrons. The molecule has 2 aromatic rings. The van der Waals surface area contributed by atoms with Crippen LogP contribution < -0.4 is 14.2 Å². The third-order valence-corrected chi connectivity index (χ3v) is 3.78. The third kappa shape index (κ3) is 3.68. The number of rotatable bonds is 7. The van der Waals surface area contributed by atoms with Gasteiger partial charge in [0, 0.05) is 11.6 Å². The van der Waals surface area contributed by atoms with Crippen molar-refractivity contribution in [2.45, 2.75) is 18.9 Å². The molecule has 2 rings (SSSR count). The van der Waals surface area contributed by atoms with Crippen LogP contribution in [-0.4, -0.2) is 31.5 Å². The molecule has 0 aliphatic heterocycles. The summed E-state index contributed by atoms with van der Waals surface area (Å²) in [6.07, 6.45) is 0.267. The highest BCUT2D eigenvalue weighted by Crippen LogP contribution is 2.45. The van der Waals surface area contributed by atoms with E-state index in [-0.39, 0.29) is 11.5 Å². The predicted octanol–water partition coefficient (Wildman–Crippen LogP) is 3.08. The number of methoxy groups -OCH3 is 3. The van der Waals surface area contributed by atoms with E-state index in [1.165, 1.54) is 21.3 Å². The molecule has 1 unspecified atom stereocenters. The summed E-state index contributed by atoms with van der Waals surface area (Å²) in [6.45, 7) is 0. The number of hydrogen-bond donors (Lipinski definition) is 2. The van der Waals surface area contributed by atoms with Gasteiger partial charge < -0.3 is 24.4 Å². The van der Waals surface area contributed by atoms with Gasteiger partial charge in [0.1, 0.15) is 5.75 Å². The highest BCUT2D eigenvalue weighted by atomic mass is 16.5. The minimum atomic E-state index is -0.617. The fraction of sp³-hybridized carbons (Fsp3) is 0.333. The molecule has 0 heterocycles. The van der Waals surface area contributed by atoms with Crippen molar-refractivity contribution in [2.75, 3.05) is 21.3 Å². The molecule has 0 bridgehead atoms. The van der Waals surface area contributed by atoms with E-state index in [9.17, 15) is 10.2 Å². The van der Waals surface area contributed by atoms with E-state index in [2.05, 4.69) is 0 Å². The molecule has 2 N–H and O–H groups in total. The molecule has 0 saturated carbocycles. The minimum Gasteiger partial charge on any atom is -0.504 e. The minimum absolute atomic E-state index is 0.0241. The van der Waals surface area contributed by atoms with E-state index >= 15 is 0 Å². The Bertz CT molecular complexity index is 640. The van der Waals surface area contributed by atoms with Gasteiger partial charge in [-0.2, -0.15) is 0 Å². The van der Waals surface area contributed by atoms with Crippen LogP contribution in [0.25, 0.3) is 0 Å². The van der Waals surface area contributed by atoms with E-state index in [0.29, 0.717) is 29.9 Å². The lowest BCUT2D eigenvalue weighted by Crippen LogP contribution is -2.03. The van der Waals surface area contributed by atoms with Crippen LogP contribution in [0.15, 0.2) is 36.4 Å². The van der Waals surface area contributed by atoms with E-state index in [1.54, 1.807) is 6.07 Å². The Morgan fingerprint density at radius 3 is 2.17 bits per heavy atom. The van der Waals surface area contributed by atoms with Gasteiger partial charge in [0.05, 0.1) is 27.4 Å². The predicted molar refractivity (Wildman–Crippen MR) is 87.5 cm³/mol. The molecule has 5 heteroatoms. The van der Waals surface area contributed by atoms with Gasteiger partial charge in [-0.1, -0.05) is 30.3 Å². The van der Waals surface area contributed by atoms with Gasteiger partial charge in [-0.3, -0.25) is 0 Å². The first-order valence-electron chi connectivity index (χ1n) is 7.36. The molecule has 0 amide bonds. The van der Waals surface area contributed by atoms with Crippen molar-refractivity contribution < 1.29 is 24.4 Å². The first-order chi connectivity index (χ1) is 11.1. The molecule has 0 fully saturated rings. The molecule has 0 aromatic heterocycles. The van der Waals surface area contributed by atoms with Gasteiger partial charge in [0.2, 0.25) is 5.75 Å². The number of ether oxygens (including phenoxy) is 3. The number of aliphatic hydroxyl groups excluding tert-OH is 1. The average Bonchev–Trinajstić information content (AvgIpc) is 2.60. The van der Waals surface area contributed by atoms with Crippen LogP contribution in [-0.2, 0) is 6.42 Å². The topological polar surface area (TPSA) is 68.2 Å². The van der Waals surface area contributed by atoms with Gasteiger partial charge in [0.25, 0.3) is 0 Å². The second-order valence-electron chi connectivity index (χ2n) is 5.11. The number of aliphatic hydroxyl groups is 1. The largest absolute Gasteiger partial charge is 0.504 e. The van der Waals surface area contributed by atoms with Gasteiger partial charge in [-0.15, -0.1) is 0 Å². The van der Waals surface area contributed by atoms with Crippen LogP contribution in [0.4, 0.5) is 0 Å². The molecule has 0 saturated heterocycles. The number of hydrogen-bond acceptors (Lipinski definition) is 5. The number of benzene rings is 2. The number of phenolic OH excluding ortho intramolecular Hbond substituents is 1. The fourth-order valence-corrected chi connectivity index (χ4v) is 2.54. The summed E-state index contributed by atoms with van der Waals surface area (Å²) in [7, 11) is 4.49. The zero-order valence-corrected chi connectivity index (χ0v) is 13.6. The Morgan fingerprint density at radius 1 is 0.957 bits per heavy atom. The lowest BCUT2D eigenvalue weighted by molar-refractivity contribution is 0.167. The van der Waals surface area contributed by atoms with Crippen molar-refractivity contribution in [3.63, 3.8) is 0 Å². The molecule has 23 heavy (non-hydrogen) atoms. The SMILES string of the molecule is COc1cc(OC)c(OC)c(O)c1CCC(O)c1ccccc1. The first kappa shape index (κ1) is 17.0. The molecule has 0 radical (unpaired) electrons. The summed E-state index contributed by atoms with van der Waals surface area (Å²) in [5.41, 5.74) is 1.42. The van der Waals surface area contributed by atoms with Crippen LogP contribution in [0.3, 0.4) is 0 Å². The summed E-state index contributed by atoms with van der Waals surface area (Å²) in [5, 5.41) is 20.7. The second-order valence-corrected chi connectivity index (χ2v) is 5.11. The monoisotopic (exact) mass is 318 g/mol. The van der Waals surface area contributed by atoms with Crippen LogP contribution in [0, 0.1) is 0 Å². The van der Waals surface area contributed by atoms with Gasteiger partial charge >= 0.3 is 0 Å².